The molecule has 0 aliphatic rings. The topological polar surface area (TPSA) is 68.0 Å². The van der Waals surface area contributed by atoms with Gasteiger partial charge in [-0.15, -0.1) is 10.2 Å². The molecule has 1 rings (SSSR count). The Labute approximate surface area is 146 Å². The second kappa shape index (κ2) is 7.12. The van der Waals surface area contributed by atoms with Crippen molar-refractivity contribution in [3.8, 4) is 0 Å². The molecule has 5 nitrogen and oxygen atoms in total. The molecule has 0 fully saturated rings. The third-order valence-corrected chi connectivity index (χ3v) is 2.79. The van der Waals surface area contributed by atoms with Crippen LogP contribution in [0.15, 0.2) is 0 Å². The van der Waals surface area contributed by atoms with Crippen molar-refractivity contribution in [3.05, 3.63) is 11.6 Å². The Morgan fingerprint density at radius 1 is 1.10 bits per heavy atom. The second-order valence-corrected chi connectivity index (χ2v) is 7.44. The van der Waals surface area contributed by atoms with Crippen molar-refractivity contribution in [2.24, 2.45) is 10.8 Å². The molecule has 20 heavy (non-hydrogen) atoms. The minimum atomic E-state index is -1.01. The Morgan fingerprint density at radius 2 is 1.65 bits per heavy atom. The van der Waals surface area contributed by atoms with Crippen LogP contribution in [0.5, 0.6) is 0 Å². The quantitative estimate of drug-likeness (QED) is 0.901. The molecule has 0 aromatic carbocycles. The molecule has 0 bridgehead atoms. The molecule has 6 heteroatoms. The molecule has 111 valence electrons. The number of nitrogens with zero attached hydrogens (tertiary/aromatic N) is 3. The second-order valence-electron chi connectivity index (χ2n) is 7.44. The van der Waals surface area contributed by atoms with E-state index < -0.39 is 5.97 Å². The van der Waals surface area contributed by atoms with Gasteiger partial charge in [-0.3, -0.25) is 0 Å². The number of hydrogen-bond acceptors (Lipinski definition) is 3. The van der Waals surface area contributed by atoms with Crippen LogP contribution in [0.4, 0.5) is 0 Å². The van der Waals surface area contributed by atoms with E-state index in [9.17, 15) is 9.90 Å². The van der Waals surface area contributed by atoms with Crippen molar-refractivity contribution in [1.82, 2.24) is 14.8 Å². The summed E-state index contributed by atoms with van der Waals surface area (Å²) in [6.45, 7) is 13.4. The molecule has 0 unspecified atom stereocenters. The summed E-state index contributed by atoms with van der Waals surface area (Å²) < 4.78 is 1.75. The van der Waals surface area contributed by atoms with Crippen LogP contribution in [0, 0.1) is 10.8 Å². The molecule has 0 saturated carbocycles. The maximum Gasteiger partial charge on any atom is 0.374 e. The number of aromatic carboxylic acids is 1. The summed E-state index contributed by atoms with van der Waals surface area (Å²) >= 11 is 0. The van der Waals surface area contributed by atoms with Crippen LogP contribution in [0.3, 0.4) is 0 Å². The fraction of sp³-hybridized carbons (Fsp3) is 0.786. The van der Waals surface area contributed by atoms with Gasteiger partial charge in [0.25, 0.3) is 0 Å². The summed E-state index contributed by atoms with van der Waals surface area (Å²) in [6.07, 6.45) is 1.61. The Hall–Kier alpha value is -0.286. The normalized spacial score (nSPS) is 12.1. The molecule has 0 aliphatic heterocycles. The van der Waals surface area contributed by atoms with Crippen LogP contribution in [-0.2, 0) is 45.7 Å². The van der Waals surface area contributed by atoms with Crippen LogP contribution in [-0.4, -0.2) is 25.8 Å². The van der Waals surface area contributed by atoms with Gasteiger partial charge in [-0.25, -0.2) is 4.79 Å². The zero-order valence-corrected chi connectivity index (χ0v) is 16.2. The molecule has 0 amide bonds. The van der Waals surface area contributed by atoms with Crippen LogP contribution in [0.2, 0.25) is 0 Å². The molecule has 0 saturated heterocycles. The van der Waals surface area contributed by atoms with Gasteiger partial charge in [-0.2, -0.15) is 0 Å². The summed E-state index contributed by atoms with van der Waals surface area (Å²) in [5.74, 6) is -0.209. The molecule has 1 heterocycles. The minimum absolute atomic E-state index is 0. The summed E-state index contributed by atoms with van der Waals surface area (Å²) in [6, 6.07) is 0. The summed E-state index contributed by atoms with van der Waals surface area (Å²) in [5.41, 5.74) is 0.210. The van der Waals surface area contributed by atoms with Gasteiger partial charge in [0.15, 0.2) is 0 Å². The van der Waals surface area contributed by atoms with E-state index in [-0.39, 0.29) is 49.4 Å². The number of carbonyl (C=O) groups is 1. The van der Waals surface area contributed by atoms with E-state index in [1.807, 2.05) is 0 Å². The first-order valence-electron chi connectivity index (χ1n) is 6.65. The van der Waals surface area contributed by atoms with Crippen LogP contribution < -0.4 is 0 Å². The van der Waals surface area contributed by atoms with E-state index in [0.717, 1.165) is 18.7 Å². The third-order valence-electron chi connectivity index (χ3n) is 2.79. The number of hydrogen-bond donors (Lipinski definition) is 1. The van der Waals surface area contributed by atoms with E-state index in [1.54, 1.807) is 4.57 Å². The summed E-state index contributed by atoms with van der Waals surface area (Å²) in [7, 11) is 0. The largest absolute Gasteiger partial charge is 0.475 e. The monoisotopic (exact) mass is 356 g/mol. The van der Waals surface area contributed by atoms with E-state index in [0.29, 0.717) is 6.54 Å². The van der Waals surface area contributed by atoms with Crippen molar-refractivity contribution in [1.29, 1.82) is 0 Å². The average molecular weight is 356 g/mol. The zero-order valence-electron chi connectivity index (χ0n) is 13.4. The molecule has 0 atom stereocenters. The Balaban J connectivity index is 0.00000361. The fourth-order valence-corrected chi connectivity index (χ4v) is 1.78. The van der Waals surface area contributed by atoms with Gasteiger partial charge in [-0.1, -0.05) is 41.5 Å². The van der Waals surface area contributed by atoms with Crippen LogP contribution in [0.25, 0.3) is 0 Å². The maximum absolute atomic E-state index is 11.2. The Kier molecular flexibility index (Phi) is 7.02. The number of carboxylic acids is 1. The smallest absolute Gasteiger partial charge is 0.374 e. The van der Waals surface area contributed by atoms with E-state index in [4.69, 9.17) is 0 Å². The molecular formula is C14H25N3O2Y. The van der Waals surface area contributed by atoms with Gasteiger partial charge >= 0.3 is 5.97 Å². The van der Waals surface area contributed by atoms with Gasteiger partial charge in [0, 0.05) is 45.7 Å². The zero-order chi connectivity index (χ0) is 14.8. The van der Waals surface area contributed by atoms with Crippen molar-refractivity contribution in [2.45, 2.75) is 60.9 Å². The summed E-state index contributed by atoms with van der Waals surface area (Å²) in [5, 5.41) is 17.1. The predicted octanol–water partition coefficient (Wildman–Crippen LogP) is 3.00. The molecule has 1 aromatic rings. The standard InChI is InChI=1S/C14H25N3O2.Y/c1-13(2,3)7-8-17-10(9-14(4,5)6)15-16-11(17)12(18)19;/h7-9H2,1-6H3,(H,18,19);. The van der Waals surface area contributed by atoms with Crippen molar-refractivity contribution in [2.75, 3.05) is 0 Å². The minimum Gasteiger partial charge on any atom is -0.475 e. The van der Waals surface area contributed by atoms with Crippen molar-refractivity contribution in [3.63, 3.8) is 0 Å². The van der Waals surface area contributed by atoms with E-state index in [2.05, 4.69) is 51.7 Å². The average Bonchev–Trinajstić information content (AvgIpc) is 2.54. The maximum atomic E-state index is 11.2. The summed E-state index contributed by atoms with van der Waals surface area (Å²) in [4.78, 5) is 11.2. The van der Waals surface area contributed by atoms with Crippen LogP contribution >= 0.6 is 0 Å². The van der Waals surface area contributed by atoms with Crippen LogP contribution in [0.1, 0.15) is 64.4 Å². The Morgan fingerprint density at radius 3 is 2.05 bits per heavy atom. The number of aromatic nitrogens is 3. The van der Waals surface area contributed by atoms with Crippen molar-refractivity contribution < 1.29 is 42.6 Å². The van der Waals surface area contributed by atoms with Gasteiger partial charge in [-0.05, 0) is 17.3 Å². The SMILES string of the molecule is CC(C)(C)CCn1c(CC(C)(C)C)nnc1C(=O)O.[Y]. The molecule has 1 aromatic heterocycles. The molecule has 1 N–H and O–H groups in total. The van der Waals surface area contributed by atoms with Crippen molar-refractivity contribution >= 4 is 5.97 Å². The molecule has 1 radical (unpaired) electrons. The molecule has 0 spiro atoms. The number of carboxylic acid groups (broad SMARTS) is 1. The van der Waals surface area contributed by atoms with Gasteiger partial charge < -0.3 is 9.67 Å². The molecular weight excluding hydrogens is 331 g/mol. The van der Waals surface area contributed by atoms with Gasteiger partial charge in [0.05, 0.1) is 0 Å². The Bertz CT molecular complexity index is 456. The third kappa shape index (κ3) is 6.44. The van der Waals surface area contributed by atoms with E-state index >= 15 is 0 Å². The predicted molar refractivity (Wildman–Crippen MR) is 74.2 cm³/mol. The first kappa shape index (κ1) is 19.7. The first-order chi connectivity index (χ1) is 8.49. The fourth-order valence-electron chi connectivity index (χ4n) is 1.78. The van der Waals surface area contributed by atoms with Gasteiger partial charge in [0.1, 0.15) is 5.82 Å². The van der Waals surface area contributed by atoms with Gasteiger partial charge in [0.2, 0.25) is 5.82 Å². The first-order valence-corrected chi connectivity index (χ1v) is 6.65. The number of rotatable bonds is 4. The van der Waals surface area contributed by atoms with E-state index in [1.165, 1.54) is 0 Å². The molecule has 0 aliphatic carbocycles.